The molecule has 1 aliphatic heterocycles. The molecule has 1 aliphatic carbocycles. The number of hydrogen-bond acceptors (Lipinski definition) is 2. The number of amides is 1. The maximum atomic E-state index is 12.5. The second-order valence-corrected chi connectivity index (χ2v) is 6.50. The van der Waals surface area contributed by atoms with Gasteiger partial charge in [-0.15, -0.1) is 0 Å². The van der Waals surface area contributed by atoms with Crippen molar-refractivity contribution in [1.29, 1.82) is 0 Å². The minimum absolute atomic E-state index is 0.314. The molecule has 0 aromatic heterocycles. The lowest BCUT2D eigenvalue weighted by molar-refractivity contribution is -0.138. The van der Waals surface area contributed by atoms with E-state index in [2.05, 4.69) is 30.7 Å². The summed E-state index contributed by atoms with van der Waals surface area (Å²) in [6.07, 6.45) is 4.81. The van der Waals surface area contributed by atoms with E-state index in [-0.39, 0.29) is 0 Å². The van der Waals surface area contributed by atoms with Gasteiger partial charge in [-0.1, -0.05) is 26.7 Å². The number of carbonyl (C=O) groups excluding carboxylic acids is 1. The Kier molecular flexibility index (Phi) is 4.66. The zero-order chi connectivity index (χ0) is 13.1. The predicted octanol–water partition coefficient (Wildman–Crippen LogP) is 2.22. The molecule has 3 nitrogen and oxygen atoms in total. The largest absolute Gasteiger partial charge is 0.340 e. The molecule has 2 fully saturated rings. The summed E-state index contributed by atoms with van der Waals surface area (Å²) < 4.78 is 0. The van der Waals surface area contributed by atoms with Gasteiger partial charge in [-0.2, -0.15) is 0 Å². The van der Waals surface area contributed by atoms with Crippen LogP contribution in [-0.2, 0) is 4.79 Å². The molecule has 0 spiro atoms. The van der Waals surface area contributed by atoms with Crippen molar-refractivity contribution in [2.75, 3.05) is 33.2 Å². The first-order valence-electron chi connectivity index (χ1n) is 7.55. The lowest BCUT2D eigenvalue weighted by Crippen LogP contribution is -2.49. The molecule has 1 saturated carbocycles. The van der Waals surface area contributed by atoms with Crippen LogP contribution >= 0.6 is 0 Å². The van der Waals surface area contributed by atoms with Crippen LogP contribution in [0.2, 0.25) is 0 Å². The molecule has 0 aromatic carbocycles. The quantitative estimate of drug-likeness (QED) is 0.752. The highest BCUT2D eigenvalue weighted by Gasteiger charge is 2.32. The first-order chi connectivity index (χ1) is 8.58. The summed E-state index contributed by atoms with van der Waals surface area (Å²) in [4.78, 5) is 16.9. The third-order valence-corrected chi connectivity index (χ3v) is 4.82. The molecular weight excluding hydrogens is 224 g/mol. The van der Waals surface area contributed by atoms with Gasteiger partial charge >= 0.3 is 0 Å². The maximum Gasteiger partial charge on any atom is 0.225 e. The van der Waals surface area contributed by atoms with E-state index in [4.69, 9.17) is 0 Å². The average Bonchev–Trinajstić information content (AvgIpc) is 2.39. The number of likely N-dealkylation sites (N-methyl/N-ethyl adjacent to an activating group) is 1. The van der Waals surface area contributed by atoms with Crippen LogP contribution < -0.4 is 0 Å². The molecule has 0 aromatic rings. The van der Waals surface area contributed by atoms with Crippen molar-refractivity contribution in [2.45, 2.75) is 39.5 Å². The molecule has 104 valence electrons. The topological polar surface area (TPSA) is 23.6 Å². The fraction of sp³-hybridized carbons (Fsp3) is 0.933. The molecule has 1 amide bonds. The van der Waals surface area contributed by atoms with Crippen LogP contribution in [0.5, 0.6) is 0 Å². The van der Waals surface area contributed by atoms with E-state index in [0.29, 0.717) is 11.8 Å². The van der Waals surface area contributed by atoms with Crippen molar-refractivity contribution >= 4 is 5.91 Å². The molecule has 3 heteroatoms. The normalized spacial score (nSPS) is 30.8. The summed E-state index contributed by atoms with van der Waals surface area (Å²) in [5.74, 6) is 2.25. The monoisotopic (exact) mass is 252 g/mol. The lowest BCUT2D eigenvalue weighted by atomic mass is 9.75. The minimum atomic E-state index is 0.314. The van der Waals surface area contributed by atoms with Gasteiger partial charge in [0.05, 0.1) is 0 Å². The third kappa shape index (κ3) is 3.25. The highest BCUT2D eigenvalue weighted by molar-refractivity contribution is 5.79. The highest BCUT2D eigenvalue weighted by atomic mass is 16.2. The van der Waals surface area contributed by atoms with Gasteiger partial charge < -0.3 is 9.80 Å². The van der Waals surface area contributed by atoms with E-state index in [1.807, 2.05) is 0 Å². The Hall–Kier alpha value is -0.570. The van der Waals surface area contributed by atoms with Crippen molar-refractivity contribution < 1.29 is 4.79 Å². The van der Waals surface area contributed by atoms with Gasteiger partial charge in [0.15, 0.2) is 0 Å². The summed E-state index contributed by atoms with van der Waals surface area (Å²) >= 11 is 0. The Morgan fingerprint density at radius 3 is 2.39 bits per heavy atom. The zero-order valence-corrected chi connectivity index (χ0v) is 12.2. The molecule has 2 aliphatic rings. The van der Waals surface area contributed by atoms with Crippen LogP contribution in [0.1, 0.15) is 39.5 Å². The van der Waals surface area contributed by atoms with Gasteiger partial charge in [-0.25, -0.2) is 0 Å². The van der Waals surface area contributed by atoms with E-state index in [1.165, 1.54) is 12.8 Å². The fourth-order valence-corrected chi connectivity index (χ4v) is 3.34. The van der Waals surface area contributed by atoms with Crippen LogP contribution in [-0.4, -0.2) is 48.9 Å². The van der Waals surface area contributed by atoms with Crippen LogP contribution in [0.4, 0.5) is 0 Å². The highest BCUT2D eigenvalue weighted by Crippen LogP contribution is 2.34. The Labute approximate surface area is 112 Å². The van der Waals surface area contributed by atoms with Crippen LogP contribution in [0.25, 0.3) is 0 Å². The minimum Gasteiger partial charge on any atom is -0.340 e. The van der Waals surface area contributed by atoms with Crippen molar-refractivity contribution in [2.24, 2.45) is 17.8 Å². The van der Waals surface area contributed by atoms with Crippen molar-refractivity contribution in [1.82, 2.24) is 9.80 Å². The molecule has 0 N–H and O–H groups in total. The van der Waals surface area contributed by atoms with Crippen LogP contribution in [0, 0.1) is 17.8 Å². The van der Waals surface area contributed by atoms with Crippen LogP contribution in [0.15, 0.2) is 0 Å². The molecule has 2 atom stereocenters. The van der Waals surface area contributed by atoms with E-state index in [9.17, 15) is 4.79 Å². The molecule has 0 bridgehead atoms. The first kappa shape index (κ1) is 13.9. The predicted molar refractivity (Wildman–Crippen MR) is 74.4 cm³/mol. The number of carbonyl (C=O) groups is 1. The summed E-state index contributed by atoms with van der Waals surface area (Å²) in [7, 11) is 2.14. The molecule has 2 rings (SSSR count). The molecule has 18 heavy (non-hydrogen) atoms. The number of piperazine rings is 1. The van der Waals surface area contributed by atoms with Gasteiger partial charge in [-0.05, 0) is 31.7 Å². The van der Waals surface area contributed by atoms with Gasteiger partial charge in [0.25, 0.3) is 0 Å². The second-order valence-electron chi connectivity index (χ2n) is 6.50. The van der Waals surface area contributed by atoms with Gasteiger partial charge in [-0.3, -0.25) is 4.79 Å². The average molecular weight is 252 g/mol. The molecule has 0 radical (unpaired) electrons. The number of rotatable bonds is 2. The molecule has 1 heterocycles. The first-order valence-corrected chi connectivity index (χ1v) is 7.55. The summed E-state index contributed by atoms with van der Waals surface area (Å²) in [5.41, 5.74) is 0. The van der Waals surface area contributed by atoms with E-state index in [0.717, 1.165) is 50.9 Å². The Balaban J connectivity index is 1.88. The zero-order valence-electron chi connectivity index (χ0n) is 12.2. The summed E-state index contributed by atoms with van der Waals surface area (Å²) in [6.45, 7) is 8.52. The van der Waals surface area contributed by atoms with Gasteiger partial charge in [0, 0.05) is 32.1 Å². The van der Waals surface area contributed by atoms with Crippen LogP contribution in [0.3, 0.4) is 0 Å². The number of nitrogens with zero attached hydrogens (tertiary/aromatic N) is 2. The molecule has 1 saturated heterocycles. The standard InChI is InChI=1S/C15H28N2O/c1-12(2)13-5-4-6-14(11-13)15(18)17-9-7-16(3)8-10-17/h12-14H,4-11H2,1-3H3. The lowest BCUT2D eigenvalue weighted by Gasteiger charge is -2.37. The Morgan fingerprint density at radius 1 is 1.11 bits per heavy atom. The molecule has 2 unspecified atom stereocenters. The summed E-state index contributed by atoms with van der Waals surface area (Å²) in [5, 5.41) is 0. The van der Waals surface area contributed by atoms with Crippen molar-refractivity contribution in [3.05, 3.63) is 0 Å². The smallest absolute Gasteiger partial charge is 0.225 e. The second kappa shape index (κ2) is 6.05. The van der Waals surface area contributed by atoms with Crippen molar-refractivity contribution in [3.63, 3.8) is 0 Å². The maximum absolute atomic E-state index is 12.5. The Morgan fingerprint density at radius 2 is 1.78 bits per heavy atom. The fourth-order valence-electron chi connectivity index (χ4n) is 3.34. The molecular formula is C15H28N2O. The third-order valence-electron chi connectivity index (χ3n) is 4.82. The number of hydrogen-bond donors (Lipinski definition) is 0. The Bertz CT molecular complexity index is 282. The van der Waals surface area contributed by atoms with Gasteiger partial charge in [0.1, 0.15) is 0 Å². The van der Waals surface area contributed by atoms with E-state index < -0.39 is 0 Å². The van der Waals surface area contributed by atoms with Crippen molar-refractivity contribution in [3.8, 4) is 0 Å². The van der Waals surface area contributed by atoms with E-state index in [1.54, 1.807) is 0 Å². The van der Waals surface area contributed by atoms with E-state index >= 15 is 0 Å². The SMILES string of the molecule is CC(C)C1CCCC(C(=O)N2CCN(C)CC2)C1. The van der Waals surface area contributed by atoms with Gasteiger partial charge in [0.2, 0.25) is 5.91 Å². The summed E-state index contributed by atoms with van der Waals surface area (Å²) in [6, 6.07) is 0.